The molecule has 0 fully saturated rings. The molecule has 0 radical (unpaired) electrons. The molecule has 0 aliphatic rings. The molecular formula is C27H29ClFN5O3. The summed E-state index contributed by atoms with van der Waals surface area (Å²) in [7, 11) is 0. The SMILES string of the molecule is C=C/C(=C(/C)C=NCc1ccnc(C(C)(C)O)n1)n1c(C)cc(OCc2cc(C)c(F)cn2)c(Cl)c1=O. The Labute approximate surface area is 219 Å². The quantitative estimate of drug-likeness (QED) is 0.313. The first-order valence-electron chi connectivity index (χ1n) is 11.5. The van der Waals surface area contributed by atoms with Crippen LogP contribution in [0.4, 0.5) is 4.39 Å². The van der Waals surface area contributed by atoms with Crippen molar-refractivity contribution >= 4 is 23.5 Å². The summed E-state index contributed by atoms with van der Waals surface area (Å²) < 4.78 is 20.6. The minimum Gasteiger partial charge on any atom is -0.485 e. The number of rotatable bonds is 9. The molecule has 0 saturated heterocycles. The van der Waals surface area contributed by atoms with Crippen molar-refractivity contribution in [2.75, 3.05) is 0 Å². The lowest BCUT2D eigenvalue weighted by Crippen LogP contribution is -2.23. The van der Waals surface area contributed by atoms with Crippen molar-refractivity contribution in [2.24, 2.45) is 4.99 Å². The van der Waals surface area contributed by atoms with E-state index in [4.69, 9.17) is 16.3 Å². The summed E-state index contributed by atoms with van der Waals surface area (Å²) in [6.07, 6.45) is 5.87. The predicted molar refractivity (Wildman–Crippen MR) is 142 cm³/mol. The molecule has 3 aromatic rings. The van der Waals surface area contributed by atoms with Gasteiger partial charge in [-0.3, -0.25) is 19.3 Å². The van der Waals surface area contributed by atoms with Gasteiger partial charge in [0.2, 0.25) is 0 Å². The highest BCUT2D eigenvalue weighted by atomic mass is 35.5. The number of hydrogen-bond donors (Lipinski definition) is 1. The Balaban J connectivity index is 1.85. The molecule has 0 amide bonds. The number of aliphatic imine (C=N–C) groups is 1. The van der Waals surface area contributed by atoms with Crippen molar-refractivity contribution in [3.05, 3.63) is 98.5 Å². The van der Waals surface area contributed by atoms with Crippen LogP contribution in [0.15, 0.2) is 58.6 Å². The summed E-state index contributed by atoms with van der Waals surface area (Å²) in [5, 5.41) is 10.0. The normalized spacial score (nSPS) is 12.5. The number of pyridine rings is 2. The number of aliphatic hydroxyl groups is 1. The van der Waals surface area contributed by atoms with Crippen LogP contribution in [0.3, 0.4) is 0 Å². The number of allylic oxidation sites excluding steroid dienone is 3. The zero-order chi connectivity index (χ0) is 27.3. The maximum Gasteiger partial charge on any atom is 0.277 e. The highest BCUT2D eigenvalue weighted by Crippen LogP contribution is 2.25. The first-order valence-corrected chi connectivity index (χ1v) is 11.8. The summed E-state index contributed by atoms with van der Waals surface area (Å²) in [5.74, 6) is 0.104. The number of nitrogens with zero attached hydrogens (tertiary/aromatic N) is 5. The molecule has 3 rings (SSSR count). The number of hydrogen-bond acceptors (Lipinski definition) is 7. The van der Waals surface area contributed by atoms with Crippen LogP contribution in [0.5, 0.6) is 5.75 Å². The van der Waals surface area contributed by atoms with Gasteiger partial charge in [-0.05, 0) is 64.0 Å². The van der Waals surface area contributed by atoms with Gasteiger partial charge in [0.1, 0.15) is 28.8 Å². The fourth-order valence-electron chi connectivity index (χ4n) is 3.46. The van der Waals surface area contributed by atoms with Crippen LogP contribution in [0.2, 0.25) is 5.02 Å². The largest absolute Gasteiger partial charge is 0.485 e. The van der Waals surface area contributed by atoms with E-state index in [9.17, 15) is 14.3 Å². The van der Waals surface area contributed by atoms with Crippen molar-refractivity contribution in [2.45, 2.75) is 53.4 Å². The van der Waals surface area contributed by atoms with Crippen molar-refractivity contribution in [3.63, 3.8) is 0 Å². The molecule has 0 spiro atoms. The molecule has 37 heavy (non-hydrogen) atoms. The second-order valence-corrected chi connectivity index (χ2v) is 9.37. The first-order chi connectivity index (χ1) is 17.4. The van der Waals surface area contributed by atoms with E-state index < -0.39 is 17.0 Å². The molecule has 1 N–H and O–H groups in total. The van der Waals surface area contributed by atoms with Gasteiger partial charge in [-0.25, -0.2) is 14.4 Å². The Morgan fingerprint density at radius 2 is 2.03 bits per heavy atom. The van der Waals surface area contributed by atoms with Gasteiger partial charge in [0, 0.05) is 24.2 Å². The third-order valence-electron chi connectivity index (χ3n) is 5.42. The Hall–Kier alpha value is -3.69. The second kappa shape index (κ2) is 11.6. The van der Waals surface area contributed by atoms with E-state index in [1.54, 1.807) is 71.3 Å². The Kier molecular flexibility index (Phi) is 8.73. The molecule has 0 bridgehead atoms. The van der Waals surface area contributed by atoms with E-state index >= 15 is 0 Å². The average Bonchev–Trinajstić information content (AvgIpc) is 2.84. The van der Waals surface area contributed by atoms with E-state index in [1.165, 1.54) is 4.57 Å². The van der Waals surface area contributed by atoms with E-state index in [-0.39, 0.29) is 23.9 Å². The molecular weight excluding hydrogens is 497 g/mol. The smallest absolute Gasteiger partial charge is 0.277 e. The topological polar surface area (TPSA) is 102 Å². The minimum atomic E-state index is -1.16. The number of ether oxygens (including phenoxy) is 1. The lowest BCUT2D eigenvalue weighted by atomic mass is 10.1. The van der Waals surface area contributed by atoms with Crippen LogP contribution in [-0.4, -0.2) is 30.8 Å². The molecule has 8 nitrogen and oxygen atoms in total. The third kappa shape index (κ3) is 6.75. The number of halogens is 2. The molecule has 0 aliphatic carbocycles. The standard InChI is InChI=1S/C27H29ClFN5O3/c1-7-22(17(3)12-30-13-19-8-9-31-26(33-19)27(5,6)36)34-18(4)11-23(24(28)25(34)35)37-15-20-10-16(2)21(29)14-32-20/h7-12,14,36H,1,13,15H2,2-6H3/b22-17+,30-12?. The van der Waals surface area contributed by atoms with Gasteiger partial charge in [-0.2, -0.15) is 0 Å². The van der Waals surface area contributed by atoms with Gasteiger partial charge in [0.15, 0.2) is 5.82 Å². The van der Waals surface area contributed by atoms with E-state index in [2.05, 4.69) is 26.5 Å². The van der Waals surface area contributed by atoms with Gasteiger partial charge in [0.05, 0.1) is 29.8 Å². The van der Waals surface area contributed by atoms with Crippen LogP contribution in [0.1, 0.15) is 49.2 Å². The fraction of sp³-hybridized carbons (Fsp3) is 0.296. The monoisotopic (exact) mass is 525 g/mol. The number of aryl methyl sites for hydroxylation is 2. The summed E-state index contributed by atoms with van der Waals surface area (Å²) in [6.45, 7) is 12.5. The van der Waals surface area contributed by atoms with Gasteiger partial charge < -0.3 is 9.84 Å². The second-order valence-electron chi connectivity index (χ2n) is 8.99. The molecule has 3 heterocycles. The molecule has 0 aromatic carbocycles. The maximum atomic E-state index is 13.5. The Morgan fingerprint density at radius 1 is 1.30 bits per heavy atom. The van der Waals surface area contributed by atoms with E-state index in [0.29, 0.717) is 39.7 Å². The molecule has 0 atom stereocenters. The van der Waals surface area contributed by atoms with Crippen LogP contribution in [0, 0.1) is 19.7 Å². The lowest BCUT2D eigenvalue weighted by molar-refractivity contribution is 0.0684. The van der Waals surface area contributed by atoms with Crippen molar-refractivity contribution < 1.29 is 14.2 Å². The molecule has 10 heteroatoms. The summed E-state index contributed by atoms with van der Waals surface area (Å²) >= 11 is 6.37. The Bertz CT molecular complexity index is 1440. The van der Waals surface area contributed by atoms with Gasteiger partial charge in [-0.1, -0.05) is 18.2 Å². The van der Waals surface area contributed by atoms with E-state index in [0.717, 1.165) is 6.20 Å². The third-order valence-corrected chi connectivity index (χ3v) is 5.76. The molecule has 3 aromatic heterocycles. The van der Waals surface area contributed by atoms with Crippen molar-refractivity contribution in [3.8, 4) is 5.75 Å². The number of aromatic nitrogens is 4. The molecule has 0 saturated carbocycles. The lowest BCUT2D eigenvalue weighted by Gasteiger charge is -2.16. The van der Waals surface area contributed by atoms with Crippen LogP contribution >= 0.6 is 11.6 Å². The van der Waals surface area contributed by atoms with Crippen LogP contribution in [-0.2, 0) is 18.8 Å². The predicted octanol–water partition coefficient (Wildman–Crippen LogP) is 4.94. The van der Waals surface area contributed by atoms with Gasteiger partial charge in [0.25, 0.3) is 5.56 Å². The fourth-order valence-corrected chi connectivity index (χ4v) is 3.66. The van der Waals surface area contributed by atoms with Crippen LogP contribution < -0.4 is 10.3 Å². The highest BCUT2D eigenvalue weighted by molar-refractivity contribution is 6.31. The summed E-state index contributed by atoms with van der Waals surface area (Å²) in [6, 6.07) is 4.94. The average molecular weight is 526 g/mol. The summed E-state index contributed by atoms with van der Waals surface area (Å²) in [4.78, 5) is 30.0. The van der Waals surface area contributed by atoms with E-state index in [1.807, 2.05) is 0 Å². The first kappa shape index (κ1) is 27.9. The van der Waals surface area contributed by atoms with Gasteiger partial charge >= 0.3 is 0 Å². The van der Waals surface area contributed by atoms with Crippen molar-refractivity contribution in [1.82, 2.24) is 19.5 Å². The minimum absolute atomic E-state index is 0.0256. The Morgan fingerprint density at radius 3 is 2.68 bits per heavy atom. The molecule has 0 unspecified atom stereocenters. The molecule has 194 valence electrons. The van der Waals surface area contributed by atoms with Crippen LogP contribution in [0.25, 0.3) is 5.70 Å². The highest BCUT2D eigenvalue weighted by Gasteiger charge is 2.19. The zero-order valence-corrected chi connectivity index (χ0v) is 22.2. The zero-order valence-electron chi connectivity index (χ0n) is 21.4. The van der Waals surface area contributed by atoms with Gasteiger partial charge in [-0.15, -0.1) is 0 Å². The maximum absolute atomic E-state index is 13.5. The summed E-state index contributed by atoms with van der Waals surface area (Å²) in [5.41, 5.74) is 1.71. The van der Waals surface area contributed by atoms with Crippen molar-refractivity contribution in [1.29, 1.82) is 0 Å². The molecule has 0 aliphatic heterocycles.